The predicted molar refractivity (Wildman–Crippen MR) is 134 cm³/mol. The third-order valence-corrected chi connectivity index (χ3v) is 5.71. The number of amides is 1. The highest BCUT2D eigenvalue weighted by Gasteiger charge is 2.20. The van der Waals surface area contributed by atoms with Crippen molar-refractivity contribution in [2.75, 3.05) is 11.9 Å². The maximum Gasteiger partial charge on any atom is 0.358 e. The summed E-state index contributed by atoms with van der Waals surface area (Å²) in [5.41, 5.74) is 3.61. The highest BCUT2D eigenvalue weighted by molar-refractivity contribution is 6.06. The molecule has 5 rings (SSSR count). The molecular weight excluding hydrogens is 461 g/mol. The molecule has 0 bridgehead atoms. The van der Waals surface area contributed by atoms with Crippen LogP contribution in [0, 0.1) is 12.7 Å². The van der Waals surface area contributed by atoms with Gasteiger partial charge in [0, 0.05) is 22.2 Å². The van der Waals surface area contributed by atoms with Gasteiger partial charge < -0.3 is 14.5 Å². The van der Waals surface area contributed by atoms with Gasteiger partial charge in [-0.3, -0.25) is 4.79 Å². The first-order chi connectivity index (χ1) is 17.4. The molecule has 2 aromatic heterocycles. The van der Waals surface area contributed by atoms with Crippen molar-refractivity contribution in [1.82, 2.24) is 9.78 Å². The first-order valence-corrected chi connectivity index (χ1v) is 11.4. The van der Waals surface area contributed by atoms with Gasteiger partial charge in [0.05, 0.1) is 18.0 Å². The van der Waals surface area contributed by atoms with Crippen LogP contribution >= 0.6 is 0 Å². The molecule has 0 fully saturated rings. The molecule has 0 spiro atoms. The number of hydrogen-bond acceptors (Lipinski definition) is 5. The minimum atomic E-state index is -0.585. The van der Waals surface area contributed by atoms with E-state index in [4.69, 9.17) is 9.15 Å². The maximum atomic E-state index is 14.0. The number of anilines is 1. The molecule has 1 amide bonds. The average molecular weight is 483 g/mol. The van der Waals surface area contributed by atoms with E-state index in [0.717, 1.165) is 10.9 Å². The van der Waals surface area contributed by atoms with Gasteiger partial charge in [-0.25, -0.2) is 13.9 Å². The molecule has 3 aromatic carbocycles. The van der Waals surface area contributed by atoms with Crippen molar-refractivity contribution in [2.45, 2.75) is 13.8 Å². The molecule has 180 valence electrons. The summed E-state index contributed by atoms with van der Waals surface area (Å²) in [5, 5.41) is 8.11. The monoisotopic (exact) mass is 483 g/mol. The number of nitrogens with zero attached hydrogens (tertiary/aromatic N) is 2. The number of aromatic nitrogens is 2. The normalized spacial score (nSPS) is 11.0. The summed E-state index contributed by atoms with van der Waals surface area (Å²) in [5.74, 6) is -1.17. The van der Waals surface area contributed by atoms with Crippen molar-refractivity contribution in [2.24, 2.45) is 0 Å². The van der Waals surface area contributed by atoms with E-state index in [2.05, 4.69) is 10.4 Å². The minimum Gasteiger partial charge on any atom is -0.461 e. The van der Waals surface area contributed by atoms with Gasteiger partial charge in [0.25, 0.3) is 5.91 Å². The number of furan rings is 1. The average Bonchev–Trinajstić information content (AvgIpc) is 3.47. The standard InChI is InChI=1S/C28H22FN3O4/c1-3-35-28(34)23-16-24(32(31-23)21-11-7-9-19(29)15-21)18-8-6-10-20(14-18)30-27(33)26-17(2)22-12-4-5-13-25(22)36-26/h4-16H,3H2,1-2H3,(H,30,33). The third kappa shape index (κ3) is 4.36. The molecule has 0 atom stereocenters. The number of halogens is 1. The fourth-order valence-electron chi connectivity index (χ4n) is 4.03. The van der Waals surface area contributed by atoms with E-state index in [1.165, 1.54) is 16.8 Å². The zero-order chi connectivity index (χ0) is 25.2. The van der Waals surface area contributed by atoms with E-state index in [-0.39, 0.29) is 24.0 Å². The van der Waals surface area contributed by atoms with Crippen molar-refractivity contribution >= 4 is 28.5 Å². The van der Waals surface area contributed by atoms with Gasteiger partial charge in [-0.15, -0.1) is 0 Å². The number of aryl methyl sites for hydroxylation is 1. The van der Waals surface area contributed by atoms with Crippen LogP contribution in [-0.2, 0) is 4.74 Å². The number of carbonyl (C=O) groups is 2. The van der Waals surface area contributed by atoms with Crippen LogP contribution in [0.4, 0.5) is 10.1 Å². The minimum absolute atomic E-state index is 0.0865. The molecular formula is C28H22FN3O4. The van der Waals surface area contributed by atoms with Gasteiger partial charge >= 0.3 is 5.97 Å². The summed E-state index contributed by atoms with van der Waals surface area (Å²) in [7, 11) is 0. The Morgan fingerprint density at radius 1 is 1.03 bits per heavy atom. The molecule has 2 heterocycles. The Balaban J connectivity index is 1.51. The Morgan fingerprint density at radius 2 is 1.83 bits per heavy atom. The first-order valence-electron chi connectivity index (χ1n) is 11.4. The zero-order valence-electron chi connectivity index (χ0n) is 19.6. The molecule has 5 aromatic rings. The lowest BCUT2D eigenvalue weighted by molar-refractivity contribution is 0.0519. The SMILES string of the molecule is CCOC(=O)c1cc(-c2cccc(NC(=O)c3oc4ccccc4c3C)c2)n(-c2cccc(F)c2)n1. The van der Waals surface area contributed by atoms with Gasteiger partial charge in [0.1, 0.15) is 11.4 Å². The second kappa shape index (κ2) is 9.50. The van der Waals surface area contributed by atoms with Crippen LogP contribution in [0.3, 0.4) is 0 Å². The second-order valence-corrected chi connectivity index (χ2v) is 8.11. The maximum absolute atomic E-state index is 14.0. The van der Waals surface area contributed by atoms with Gasteiger partial charge in [-0.1, -0.05) is 36.4 Å². The summed E-state index contributed by atoms with van der Waals surface area (Å²) >= 11 is 0. The van der Waals surface area contributed by atoms with Crippen molar-refractivity contribution < 1.29 is 23.1 Å². The fraction of sp³-hybridized carbons (Fsp3) is 0.107. The van der Waals surface area contributed by atoms with E-state index in [1.807, 2.05) is 37.3 Å². The summed E-state index contributed by atoms with van der Waals surface area (Å²) in [4.78, 5) is 25.4. The highest BCUT2D eigenvalue weighted by atomic mass is 19.1. The predicted octanol–water partition coefficient (Wildman–Crippen LogP) is 6.16. The van der Waals surface area contributed by atoms with Gasteiger partial charge in [-0.05, 0) is 56.3 Å². The van der Waals surface area contributed by atoms with Crippen molar-refractivity contribution in [3.05, 3.63) is 102 Å². The van der Waals surface area contributed by atoms with Crippen LogP contribution in [-0.4, -0.2) is 28.3 Å². The van der Waals surface area contributed by atoms with Crippen LogP contribution in [0.1, 0.15) is 33.5 Å². The Kier molecular flexibility index (Phi) is 6.08. The number of rotatable bonds is 6. The lowest BCUT2D eigenvalue weighted by Gasteiger charge is -2.10. The van der Waals surface area contributed by atoms with Crippen LogP contribution in [0.15, 0.2) is 83.3 Å². The van der Waals surface area contributed by atoms with E-state index < -0.39 is 11.8 Å². The molecule has 0 radical (unpaired) electrons. The quantitative estimate of drug-likeness (QED) is 0.292. The molecule has 36 heavy (non-hydrogen) atoms. The van der Waals surface area contributed by atoms with E-state index >= 15 is 0 Å². The summed E-state index contributed by atoms with van der Waals surface area (Å²) < 4.78 is 26.3. The lowest BCUT2D eigenvalue weighted by Crippen LogP contribution is -2.12. The number of benzene rings is 3. The molecule has 0 saturated carbocycles. The van der Waals surface area contributed by atoms with Crippen LogP contribution < -0.4 is 5.32 Å². The van der Waals surface area contributed by atoms with Gasteiger partial charge in [0.15, 0.2) is 11.5 Å². The number of esters is 1. The number of nitrogens with one attached hydrogen (secondary N) is 1. The largest absolute Gasteiger partial charge is 0.461 e. The zero-order valence-corrected chi connectivity index (χ0v) is 19.6. The lowest BCUT2D eigenvalue weighted by atomic mass is 10.1. The van der Waals surface area contributed by atoms with E-state index in [1.54, 1.807) is 43.3 Å². The molecule has 7 nitrogen and oxygen atoms in total. The van der Waals surface area contributed by atoms with E-state index in [9.17, 15) is 14.0 Å². The van der Waals surface area contributed by atoms with Crippen molar-refractivity contribution in [3.8, 4) is 16.9 Å². The smallest absolute Gasteiger partial charge is 0.358 e. The summed E-state index contributed by atoms with van der Waals surface area (Å²) in [6.07, 6.45) is 0. The van der Waals surface area contributed by atoms with Gasteiger partial charge in [-0.2, -0.15) is 5.10 Å². The van der Waals surface area contributed by atoms with Gasteiger partial charge in [0.2, 0.25) is 0 Å². The summed E-state index contributed by atoms with van der Waals surface area (Å²) in [6.45, 7) is 3.74. The molecule has 0 aliphatic heterocycles. The molecule has 8 heteroatoms. The topological polar surface area (TPSA) is 86.4 Å². The Labute approximate surface area is 206 Å². The molecule has 0 saturated heterocycles. The molecule has 1 N–H and O–H groups in total. The Morgan fingerprint density at radius 3 is 2.61 bits per heavy atom. The highest BCUT2D eigenvalue weighted by Crippen LogP contribution is 2.29. The van der Waals surface area contributed by atoms with Crippen LogP contribution in [0.25, 0.3) is 27.9 Å². The molecule has 0 aliphatic carbocycles. The van der Waals surface area contributed by atoms with Crippen molar-refractivity contribution in [3.63, 3.8) is 0 Å². The fourth-order valence-corrected chi connectivity index (χ4v) is 4.03. The third-order valence-electron chi connectivity index (χ3n) is 5.71. The Hall–Kier alpha value is -4.72. The summed E-state index contributed by atoms with van der Waals surface area (Å²) in [6, 6.07) is 22.0. The van der Waals surface area contributed by atoms with Crippen LogP contribution in [0.5, 0.6) is 0 Å². The first kappa shape index (κ1) is 23.0. The number of hydrogen-bond donors (Lipinski definition) is 1. The number of ether oxygens (including phenoxy) is 1. The second-order valence-electron chi connectivity index (χ2n) is 8.11. The van der Waals surface area contributed by atoms with Crippen molar-refractivity contribution in [1.29, 1.82) is 0 Å². The number of fused-ring (bicyclic) bond motifs is 1. The number of carbonyl (C=O) groups excluding carboxylic acids is 2. The van der Waals surface area contributed by atoms with Crippen LogP contribution in [0.2, 0.25) is 0 Å². The van der Waals surface area contributed by atoms with E-state index in [0.29, 0.717) is 28.2 Å². The molecule has 0 aliphatic rings. The Bertz CT molecular complexity index is 1600. The molecule has 0 unspecified atom stereocenters. The number of para-hydroxylation sites is 1.